The Morgan fingerprint density at radius 2 is 2.14 bits per heavy atom. The van der Waals surface area contributed by atoms with Crippen LogP contribution >= 0.6 is 12.8 Å². The predicted molar refractivity (Wildman–Crippen MR) is 135 cm³/mol. The van der Waals surface area contributed by atoms with Crippen molar-refractivity contribution in [3.8, 4) is 11.1 Å². The minimum Gasteiger partial charge on any atom is -0.444 e. The largest absolute Gasteiger partial charge is 0.444 e. The summed E-state index contributed by atoms with van der Waals surface area (Å²) in [6.45, 7) is 9.78. The van der Waals surface area contributed by atoms with Crippen molar-refractivity contribution in [2.45, 2.75) is 64.9 Å². The van der Waals surface area contributed by atoms with Crippen molar-refractivity contribution in [2.75, 3.05) is 25.1 Å². The van der Waals surface area contributed by atoms with Gasteiger partial charge < -0.3 is 25.1 Å². The molecule has 2 aromatic rings. The highest BCUT2D eigenvalue weighted by Gasteiger charge is 2.26. The van der Waals surface area contributed by atoms with E-state index in [1.807, 2.05) is 13.0 Å². The Morgan fingerprint density at radius 1 is 1.40 bits per heavy atom. The number of aromatic nitrogens is 2. The minimum absolute atomic E-state index is 0.0750. The van der Waals surface area contributed by atoms with E-state index in [1.54, 1.807) is 46.2 Å². The molecule has 3 heterocycles. The molecule has 0 bridgehead atoms. The number of rotatable bonds is 7. The van der Waals surface area contributed by atoms with Crippen LogP contribution in [0.3, 0.4) is 0 Å². The van der Waals surface area contributed by atoms with Gasteiger partial charge in [0.05, 0.1) is 18.7 Å². The number of alkyl carbamates (subject to hydrolysis) is 1. The summed E-state index contributed by atoms with van der Waals surface area (Å²) in [6.07, 6.45) is 2.36. The molecule has 0 unspecified atom stereocenters. The van der Waals surface area contributed by atoms with Crippen LogP contribution in [0.2, 0.25) is 0 Å². The zero-order valence-corrected chi connectivity index (χ0v) is 21.6. The Bertz CT molecular complexity index is 1040. The van der Waals surface area contributed by atoms with Gasteiger partial charge in [0.25, 0.3) is 5.91 Å². The van der Waals surface area contributed by atoms with E-state index in [9.17, 15) is 14.0 Å². The molecule has 1 saturated heterocycles. The van der Waals surface area contributed by atoms with Crippen LogP contribution in [0.15, 0.2) is 24.5 Å². The van der Waals surface area contributed by atoms with Gasteiger partial charge in [-0.05, 0) is 64.3 Å². The summed E-state index contributed by atoms with van der Waals surface area (Å²) in [4.78, 5) is 32.2. The number of hydrogen-bond acceptors (Lipinski definition) is 7. The molecule has 3 atom stereocenters. The molecule has 3 rings (SSSR count). The van der Waals surface area contributed by atoms with Crippen LogP contribution in [0.4, 0.5) is 15.0 Å². The number of pyridine rings is 1. The highest BCUT2D eigenvalue weighted by Crippen LogP contribution is 2.28. The lowest BCUT2D eigenvalue weighted by Crippen LogP contribution is -2.42. The molecule has 3 N–H and O–H groups in total. The zero-order valence-electron chi connectivity index (χ0n) is 20.7. The van der Waals surface area contributed by atoms with E-state index in [0.29, 0.717) is 24.5 Å². The van der Waals surface area contributed by atoms with Gasteiger partial charge in [-0.3, -0.25) is 9.10 Å². The SMILES string of the molecule is Cc1cnc(N[C@H]2CCOC[C@@H]2F)cc1-c1c[nH]c(C(=O)N(S)[C@@H](C)CNC(=O)OC(C)(C)C)c1. The number of carbonyl (C=O) groups is 2. The number of aryl methyl sites for hydroxylation is 1. The number of amides is 2. The predicted octanol–water partition coefficient (Wildman–Crippen LogP) is 4.12. The lowest BCUT2D eigenvalue weighted by Gasteiger charge is -2.27. The molecule has 0 aliphatic carbocycles. The van der Waals surface area contributed by atoms with E-state index < -0.39 is 23.9 Å². The van der Waals surface area contributed by atoms with Crippen molar-refractivity contribution in [1.29, 1.82) is 0 Å². The number of anilines is 1. The molecule has 192 valence electrons. The number of aromatic amines is 1. The fourth-order valence-electron chi connectivity index (χ4n) is 3.60. The highest BCUT2D eigenvalue weighted by atomic mass is 32.1. The number of alkyl halides is 1. The number of H-pyrrole nitrogens is 1. The number of hydrogen-bond donors (Lipinski definition) is 4. The number of nitrogens with zero attached hydrogens (tertiary/aromatic N) is 2. The van der Waals surface area contributed by atoms with Gasteiger partial charge >= 0.3 is 6.09 Å². The monoisotopic (exact) mass is 507 g/mol. The van der Waals surface area contributed by atoms with Crippen molar-refractivity contribution in [3.63, 3.8) is 0 Å². The van der Waals surface area contributed by atoms with E-state index in [0.717, 1.165) is 16.7 Å². The number of ether oxygens (including phenoxy) is 2. The average molecular weight is 508 g/mol. The van der Waals surface area contributed by atoms with Crippen LogP contribution < -0.4 is 10.6 Å². The van der Waals surface area contributed by atoms with E-state index in [-0.39, 0.29) is 25.1 Å². The van der Waals surface area contributed by atoms with E-state index >= 15 is 0 Å². The van der Waals surface area contributed by atoms with Crippen LogP contribution in [-0.4, -0.2) is 69.9 Å². The van der Waals surface area contributed by atoms with Gasteiger partial charge in [-0.25, -0.2) is 14.2 Å². The maximum absolute atomic E-state index is 14.1. The Labute approximate surface area is 210 Å². The van der Waals surface area contributed by atoms with Crippen LogP contribution in [0.1, 0.15) is 50.2 Å². The Kier molecular flexibility index (Phi) is 8.65. The first-order valence-corrected chi connectivity index (χ1v) is 12.0. The molecule has 9 nitrogen and oxygen atoms in total. The normalized spacial score (nSPS) is 19.1. The topological polar surface area (TPSA) is 109 Å². The maximum atomic E-state index is 14.1. The smallest absolute Gasteiger partial charge is 0.407 e. The lowest BCUT2D eigenvalue weighted by molar-refractivity contribution is 0.0285. The summed E-state index contributed by atoms with van der Waals surface area (Å²) in [5, 5.41) is 5.80. The third kappa shape index (κ3) is 7.35. The van der Waals surface area contributed by atoms with Gasteiger partial charge in [-0.2, -0.15) is 0 Å². The fourth-order valence-corrected chi connectivity index (χ4v) is 3.79. The number of carbonyl (C=O) groups excluding carboxylic acids is 2. The summed E-state index contributed by atoms with van der Waals surface area (Å²) in [5.41, 5.74) is 2.31. The Morgan fingerprint density at radius 3 is 2.83 bits per heavy atom. The van der Waals surface area contributed by atoms with Gasteiger partial charge in [0.1, 0.15) is 23.3 Å². The summed E-state index contributed by atoms with van der Waals surface area (Å²) in [6, 6.07) is 2.83. The summed E-state index contributed by atoms with van der Waals surface area (Å²) in [5.74, 6) is 0.220. The summed E-state index contributed by atoms with van der Waals surface area (Å²) in [7, 11) is 0. The number of thiol groups is 1. The molecule has 0 saturated carbocycles. The molecule has 35 heavy (non-hydrogen) atoms. The maximum Gasteiger partial charge on any atom is 0.407 e. The molecule has 1 fully saturated rings. The van der Waals surface area contributed by atoms with Crippen molar-refractivity contribution < 1.29 is 23.5 Å². The van der Waals surface area contributed by atoms with Gasteiger partial charge in [-0.1, -0.05) is 12.8 Å². The van der Waals surface area contributed by atoms with Gasteiger partial charge in [0.2, 0.25) is 0 Å². The van der Waals surface area contributed by atoms with Gasteiger partial charge in [-0.15, -0.1) is 0 Å². The quantitative estimate of drug-likeness (QED) is 0.420. The third-order valence-electron chi connectivity index (χ3n) is 5.51. The minimum atomic E-state index is -1.10. The van der Waals surface area contributed by atoms with Crippen LogP contribution in [0.5, 0.6) is 0 Å². The molecule has 0 aromatic carbocycles. The van der Waals surface area contributed by atoms with Crippen molar-refractivity contribution in [3.05, 3.63) is 35.8 Å². The van der Waals surface area contributed by atoms with E-state index in [4.69, 9.17) is 9.47 Å². The first-order valence-electron chi connectivity index (χ1n) is 11.6. The van der Waals surface area contributed by atoms with Crippen LogP contribution in [0, 0.1) is 6.92 Å². The van der Waals surface area contributed by atoms with Crippen molar-refractivity contribution in [2.24, 2.45) is 0 Å². The first-order chi connectivity index (χ1) is 16.4. The number of nitrogens with one attached hydrogen (secondary N) is 3. The Hall–Kier alpha value is -2.79. The Balaban J connectivity index is 1.65. The lowest BCUT2D eigenvalue weighted by atomic mass is 10.0. The second-order valence-electron chi connectivity index (χ2n) is 9.70. The molecule has 11 heteroatoms. The summed E-state index contributed by atoms with van der Waals surface area (Å²) >= 11 is 4.34. The molecular weight excluding hydrogens is 473 g/mol. The highest BCUT2D eigenvalue weighted by molar-refractivity contribution is 7.78. The second-order valence-corrected chi connectivity index (χ2v) is 10.1. The molecular formula is C24H34FN5O4S. The third-order valence-corrected chi connectivity index (χ3v) is 6.09. The fraction of sp³-hybridized carbons (Fsp3) is 0.542. The molecule has 1 aliphatic rings. The summed E-state index contributed by atoms with van der Waals surface area (Å²) < 4.78 is 25.8. The molecule has 0 spiro atoms. The molecule has 2 aromatic heterocycles. The average Bonchev–Trinajstić information content (AvgIpc) is 3.28. The van der Waals surface area contributed by atoms with Gasteiger partial charge in [0, 0.05) is 31.1 Å². The molecule has 1 aliphatic heterocycles. The van der Waals surface area contributed by atoms with Crippen molar-refractivity contribution in [1.82, 2.24) is 19.6 Å². The molecule has 2 amide bonds. The molecule has 0 radical (unpaired) electrons. The van der Waals surface area contributed by atoms with Crippen LogP contribution in [-0.2, 0) is 9.47 Å². The van der Waals surface area contributed by atoms with E-state index in [1.165, 1.54) is 4.31 Å². The standard InChI is InChI=1S/C24H34FN5O4S/c1-14-10-27-21(29-19-6-7-33-13-18(19)25)9-17(14)16-8-20(26-12-16)22(31)30(35)15(2)11-28-23(32)34-24(3,4)5/h8-10,12,15,18-19,26,35H,6-7,11,13H2,1-5H3,(H,27,29)(H,28,32)/t15-,18-,19-/m0/s1. The first kappa shape index (κ1) is 26.8. The van der Waals surface area contributed by atoms with Gasteiger partial charge in [0.15, 0.2) is 0 Å². The van der Waals surface area contributed by atoms with E-state index in [2.05, 4.69) is 33.4 Å². The second kappa shape index (κ2) is 11.3. The van der Waals surface area contributed by atoms with Crippen molar-refractivity contribution >= 4 is 30.6 Å². The number of halogens is 1. The van der Waals surface area contributed by atoms with Crippen LogP contribution in [0.25, 0.3) is 11.1 Å². The zero-order chi connectivity index (χ0) is 25.8.